The first-order chi connectivity index (χ1) is 7.02. The SMILES string of the molecule is CC(C)C(=O)CN1C(=O)CCCCC1=O. The molecule has 4 heteroatoms. The molecule has 0 aliphatic carbocycles. The molecule has 0 saturated carbocycles. The fourth-order valence-electron chi connectivity index (χ4n) is 1.48. The minimum absolute atomic E-state index is 0.0463. The van der Waals surface area contributed by atoms with Crippen LogP contribution in [0.15, 0.2) is 0 Å². The number of amides is 2. The Morgan fingerprint density at radius 1 is 1.20 bits per heavy atom. The lowest BCUT2D eigenvalue weighted by molar-refractivity contribution is -0.147. The highest BCUT2D eigenvalue weighted by molar-refractivity contribution is 6.00. The number of hydrogen-bond donors (Lipinski definition) is 0. The number of carbonyl (C=O) groups is 3. The standard InChI is InChI=1S/C11H17NO3/c1-8(2)9(13)7-12-10(14)5-3-4-6-11(12)15/h8H,3-7H2,1-2H3. The van der Waals surface area contributed by atoms with Gasteiger partial charge in [-0.1, -0.05) is 13.8 Å². The zero-order valence-electron chi connectivity index (χ0n) is 9.28. The second-order valence-electron chi connectivity index (χ2n) is 4.20. The van der Waals surface area contributed by atoms with Crippen LogP contribution in [-0.4, -0.2) is 29.0 Å². The smallest absolute Gasteiger partial charge is 0.229 e. The minimum Gasteiger partial charge on any atom is -0.297 e. The Balaban J connectivity index is 2.67. The van der Waals surface area contributed by atoms with E-state index in [4.69, 9.17) is 0 Å². The van der Waals surface area contributed by atoms with E-state index in [1.54, 1.807) is 13.8 Å². The van der Waals surface area contributed by atoms with E-state index in [1.807, 2.05) is 0 Å². The van der Waals surface area contributed by atoms with Crippen LogP contribution < -0.4 is 0 Å². The van der Waals surface area contributed by atoms with Crippen LogP contribution in [0.3, 0.4) is 0 Å². The van der Waals surface area contributed by atoms with Gasteiger partial charge in [-0.15, -0.1) is 0 Å². The number of Topliss-reactive ketones (excluding diaryl/α,β-unsaturated/α-hetero) is 1. The summed E-state index contributed by atoms with van der Waals surface area (Å²) in [6.07, 6.45) is 2.27. The van der Waals surface area contributed by atoms with Crippen LogP contribution in [0.4, 0.5) is 0 Å². The van der Waals surface area contributed by atoms with Gasteiger partial charge in [-0.3, -0.25) is 19.3 Å². The van der Waals surface area contributed by atoms with Gasteiger partial charge in [0.25, 0.3) is 0 Å². The molecule has 0 aromatic heterocycles. The first kappa shape index (κ1) is 11.9. The molecule has 1 fully saturated rings. The number of nitrogens with zero attached hydrogens (tertiary/aromatic N) is 1. The van der Waals surface area contributed by atoms with Gasteiger partial charge in [-0.05, 0) is 12.8 Å². The van der Waals surface area contributed by atoms with Crippen LogP contribution >= 0.6 is 0 Å². The van der Waals surface area contributed by atoms with Gasteiger partial charge in [-0.2, -0.15) is 0 Å². The fourth-order valence-corrected chi connectivity index (χ4v) is 1.48. The van der Waals surface area contributed by atoms with Crippen molar-refractivity contribution in [3.8, 4) is 0 Å². The Morgan fingerprint density at radius 2 is 1.67 bits per heavy atom. The van der Waals surface area contributed by atoms with Gasteiger partial charge >= 0.3 is 0 Å². The summed E-state index contributed by atoms with van der Waals surface area (Å²) in [6, 6.07) is 0. The average Bonchev–Trinajstić information content (AvgIpc) is 2.32. The van der Waals surface area contributed by atoms with E-state index in [9.17, 15) is 14.4 Å². The van der Waals surface area contributed by atoms with E-state index in [0.717, 1.165) is 17.7 Å². The van der Waals surface area contributed by atoms with Gasteiger partial charge in [0.1, 0.15) is 0 Å². The molecule has 0 aromatic carbocycles. The highest BCUT2D eigenvalue weighted by Gasteiger charge is 2.26. The number of hydrogen-bond acceptors (Lipinski definition) is 3. The molecule has 84 valence electrons. The van der Waals surface area contributed by atoms with Crippen molar-refractivity contribution in [3.05, 3.63) is 0 Å². The normalized spacial score (nSPS) is 18.2. The maximum absolute atomic E-state index is 11.5. The molecule has 2 amide bonds. The third-order valence-corrected chi connectivity index (χ3v) is 2.59. The molecule has 0 unspecified atom stereocenters. The summed E-state index contributed by atoms with van der Waals surface area (Å²) in [5.74, 6) is -0.592. The van der Waals surface area contributed by atoms with Crippen molar-refractivity contribution in [2.75, 3.05) is 6.54 Å². The molecule has 0 aromatic rings. The summed E-state index contributed by atoms with van der Waals surface area (Å²) in [6.45, 7) is 3.50. The highest BCUT2D eigenvalue weighted by Crippen LogP contribution is 2.13. The van der Waals surface area contributed by atoms with Gasteiger partial charge < -0.3 is 0 Å². The number of rotatable bonds is 3. The molecule has 0 atom stereocenters. The van der Waals surface area contributed by atoms with Crippen LogP contribution in [0.25, 0.3) is 0 Å². The lowest BCUT2D eigenvalue weighted by Gasteiger charge is -2.18. The Morgan fingerprint density at radius 3 is 2.07 bits per heavy atom. The third-order valence-electron chi connectivity index (χ3n) is 2.59. The quantitative estimate of drug-likeness (QED) is 0.658. The summed E-state index contributed by atoms with van der Waals surface area (Å²) in [7, 11) is 0. The molecule has 4 nitrogen and oxygen atoms in total. The van der Waals surface area contributed by atoms with Gasteiger partial charge in [0.15, 0.2) is 5.78 Å². The Labute approximate surface area is 89.6 Å². The van der Waals surface area contributed by atoms with E-state index in [-0.39, 0.29) is 30.1 Å². The second kappa shape index (κ2) is 5.05. The van der Waals surface area contributed by atoms with E-state index in [2.05, 4.69) is 0 Å². The minimum atomic E-state index is -0.202. The van der Waals surface area contributed by atoms with Crippen molar-refractivity contribution in [1.29, 1.82) is 0 Å². The highest BCUT2D eigenvalue weighted by atomic mass is 16.2. The van der Waals surface area contributed by atoms with E-state index >= 15 is 0 Å². The summed E-state index contributed by atoms with van der Waals surface area (Å²) in [5, 5.41) is 0. The Bertz CT molecular complexity index is 266. The summed E-state index contributed by atoms with van der Waals surface area (Å²) >= 11 is 0. The molecule has 1 aliphatic heterocycles. The summed E-state index contributed by atoms with van der Waals surface area (Å²) < 4.78 is 0. The van der Waals surface area contributed by atoms with Gasteiger partial charge in [0, 0.05) is 18.8 Å². The first-order valence-corrected chi connectivity index (χ1v) is 5.38. The van der Waals surface area contributed by atoms with Crippen molar-refractivity contribution in [3.63, 3.8) is 0 Å². The van der Waals surface area contributed by atoms with E-state index in [1.165, 1.54) is 0 Å². The largest absolute Gasteiger partial charge is 0.297 e. The lowest BCUT2D eigenvalue weighted by atomic mass is 10.1. The van der Waals surface area contributed by atoms with Crippen molar-refractivity contribution < 1.29 is 14.4 Å². The van der Waals surface area contributed by atoms with Gasteiger partial charge in [-0.25, -0.2) is 0 Å². The molecule has 0 spiro atoms. The maximum Gasteiger partial charge on any atom is 0.229 e. The van der Waals surface area contributed by atoms with Crippen molar-refractivity contribution in [1.82, 2.24) is 4.90 Å². The molecule has 0 radical (unpaired) electrons. The Hall–Kier alpha value is -1.19. The number of carbonyl (C=O) groups excluding carboxylic acids is 3. The molecular formula is C11H17NO3. The summed E-state index contributed by atoms with van der Waals surface area (Å²) in [4.78, 5) is 35.7. The van der Waals surface area contributed by atoms with Crippen molar-refractivity contribution >= 4 is 17.6 Å². The fraction of sp³-hybridized carbons (Fsp3) is 0.727. The molecule has 0 bridgehead atoms. The third kappa shape index (κ3) is 3.15. The molecule has 15 heavy (non-hydrogen) atoms. The summed E-state index contributed by atoms with van der Waals surface area (Å²) in [5.41, 5.74) is 0. The van der Waals surface area contributed by atoms with Crippen LogP contribution in [-0.2, 0) is 14.4 Å². The Kier molecular flexibility index (Phi) is 4.00. The van der Waals surface area contributed by atoms with Gasteiger partial charge in [0.05, 0.1) is 6.54 Å². The monoisotopic (exact) mass is 211 g/mol. The van der Waals surface area contributed by atoms with Crippen LogP contribution in [0, 0.1) is 5.92 Å². The molecule has 0 N–H and O–H groups in total. The van der Waals surface area contributed by atoms with Crippen LogP contribution in [0.1, 0.15) is 39.5 Å². The van der Waals surface area contributed by atoms with E-state index in [0.29, 0.717) is 12.8 Å². The van der Waals surface area contributed by atoms with Crippen LogP contribution in [0.5, 0.6) is 0 Å². The van der Waals surface area contributed by atoms with Crippen LogP contribution in [0.2, 0.25) is 0 Å². The molecule has 1 rings (SSSR count). The number of imide groups is 1. The maximum atomic E-state index is 11.5. The topological polar surface area (TPSA) is 54.5 Å². The molecule has 1 aliphatic rings. The van der Waals surface area contributed by atoms with Crippen molar-refractivity contribution in [2.45, 2.75) is 39.5 Å². The van der Waals surface area contributed by atoms with Gasteiger partial charge in [0.2, 0.25) is 11.8 Å². The second-order valence-corrected chi connectivity index (χ2v) is 4.20. The first-order valence-electron chi connectivity index (χ1n) is 5.38. The average molecular weight is 211 g/mol. The predicted octanol–water partition coefficient (Wildman–Crippen LogP) is 1.14. The molecule has 1 saturated heterocycles. The zero-order chi connectivity index (χ0) is 11.4. The number of ketones is 1. The number of likely N-dealkylation sites (tertiary alicyclic amines) is 1. The predicted molar refractivity (Wildman–Crippen MR) is 55.0 cm³/mol. The molecule has 1 heterocycles. The molecular weight excluding hydrogens is 194 g/mol. The van der Waals surface area contributed by atoms with E-state index < -0.39 is 0 Å². The lowest BCUT2D eigenvalue weighted by Crippen LogP contribution is -2.40. The van der Waals surface area contributed by atoms with Crippen molar-refractivity contribution in [2.24, 2.45) is 5.92 Å². The zero-order valence-corrected chi connectivity index (χ0v) is 9.28.